The van der Waals surface area contributed by atoms with Crippen molar-refractivity contribution in [2.45, 2.75) is 36.7 Å². The molecule has 4 aromatic rings. The van der Waals surface area contributed by atoms with Gasteiger partial charge in [-0.25, -0.2) is 22.4 Å². The molecule has 0 saturated heterocycles. The van der Waals surface area contributed by atoms with Crippen molar-refractivity contribution in [1.82, 2.24) is 13.9 Å². The number of fused-ring (bicyclic) bond motifs is 1. The molecule has 0 N–H and O–H groups in total. The predicted molar refractivity (Wildman–Crippen MR) is 128 cm³/mol. The highest BCUT2D eigenvalue weighted by Crippen LogP contribution is 2.48. The molecule has 1 aliphatic carbocycles. The van der Waals surface area contributed by atoms with Gasteiger partial charge < -0.3 is 9.47 Å². The number of nitrogens with zero attached hydrogens (tertiary/aromatic N) is 3. The van der Waals surface area contributed by atoms with Gasteiger partial charge in [0.05, 0.1) is 14.8 Å². The van der Waals surface area contributed by atoms with Gasteiger partial charge in [-0.2, -0.15) is 0 Å². The molecule has 0 bridgehead atoms. The van der Waals surface area contributed by atoms with Crippen molar-refractivity contribution in [3.8, 4) is 10.4 Å². The van der Waals surface area contributed by atoms with Gasteiger partial charge in [0.25, 0.3) is 10.0 Å². The SMILES string of the molecule is COCOC1(c2ncc(-c3c(Cl)cnc4c3ccn4S(=O)(=O)c3ccc(C)cc3)s2)CCC1. The standard InChI is InChI=1S/C23H22ClN3O4S2/c1-15-4-6-16(7-5-15)33(28,29)27-11-8-17-20(18(24)12-25-21(17)27)19-13-26-22(32-19)23(9-3-10-23)31-14-30-2/h4-8,11-13H,3,9-10,14H2,1-2H3. The van der Waals surface area contributed by atoms with E-state index < -0.39 is 15.6 Å². The third-order valence-electron chi connectivity index (χ3n) is 5.97. The molecule has 10 heteroatoms. The fourth-order valence-corrected chi connectivity index (χ4v) is 6.80. The minimum atomic E-state index is -3.81. The summed E-state index contributed by atoms with van der Waals surface area (Å²) in [6.45, 7) is 2.11. The molecule has 172 valence electrons. The number of aryl methyl sites for hydroxylation is 1. The molecule has 1 fully saturated rings. The lowest BCUT2D eigenvalue weighted by Crippen LogP contribution is -2.37. The molecule has 0 amide bonds. The van der Waals surface area contributed by atoms with E-state index >= 15 is 0 Å². The van der Waals surface area contributed by atoms with E-state index in [-0.39, 0.29) is 11.7 Å². The Labute approximate surface area is 201 Å². The van der Waals surface area contributed by atoms with Crippen molar-refractivity contribution >= 4 is 44.0 Å². The Morgan fingerprint density at radius 1 is 1.15 bits per heavy atom. The van der Waals surface area contributed by atoms with Crippen LogP contribution in [0.15, 0.2) is 53.8 Å². The number of aromatic nitrogens is 3. The van der Waals surface area contributed by atoms with Crippen LogP contribution in [0.2, 0.25) is 5.02 Å². The van der Waals surface area contributed by atoms with E-state index in [0.29, 0.717) is 21.6 Å². The third kappa shape index (κ3) is 3.77. The van der Waals surface area contributed by atoms with Crippen LogP contribution in [0.4, 0.5) is 0 Å². The Morgan fingerprint density at radius 2 is 1.91 bits per heavy atom. The summed E-state index contributed by atoms with van der Waals surface area (Å²) in [5.74, 6) is 0. The number of halogens is 1. The molecule has 3 heterocycles. The Hall–Kier alpha value is -2.30. The van der Waals surface area contributed by atoms with Crippen LogP contribution in [0.5, 0.6) is 0 Å². The Balaban J connectivity index is 1.59. The van der Waals surface area contributed by atoms with Crippen molar-refractivity contribution in [1.29, 1.82) is 0 Å². The second-order valence-corrected chi connectivity index (χ2v) is 11.3. The second-order valence-electron chi connectivity index (χ2n) is 8.08. The summed E-state index contributed by atoms with van der Waals surface area (Å²) >= 11 is 8.06. The van der Waals surface area contributed by atoms with E-state index in [0.717, 1.165) is 34.7 Å². The highest BCUT2D eigenvalue weighted by molar-refractivity contribution is 7.90. The molecule has 1 aromatic carbocycles. The maximum atomic E-state index is 13.3. The molecule has 1 aliphatic rings. The number of pyridine rings is 1. The highest BCUT2D eigenvalue weighted by Gasteiger charge is 2.43. The van der Waals surface area contributed by atoms with Crippen LogP contribution in [0.3, 0.4) is 0 Å². The minimum Gasteiger partial charge on any atom is -0.359 e. The smallest absolute Gasteiger partial charge is 0.269 e. The van der Waals surface area contributed by atoms with Crippen LogP contribution in [0.25, 0.3) is 21.5 Å². The number of hydrogen-bond donors (Lipinski definition) is 0. The summed E-state index contributed by atoms with van der Waals surface area (Å²) in [7, 11) is -2.21. The number of ether oxygens (including phenoxy) is 2. The van der Waals surface area contributed by atoms with E-state index in [1.807, 2.05) is 6.92 Å². The van der Waals surface area contributed by atoms with Crippen molar-refractivity contribution in [2.75, 3.05) is 13.9 Å². The fraction of sp³-hybridized carbons (Fsp3) is 0.304. The molecule has 0 aliphatic heterocycles. The molecule has 0 atom stereocenters. The number of benzene rings is 1. The van der Waals surface area contributed by atoms with Crippen molar-refractivity contribution in [2.24, 2.45) is 0 Å². The predicted octanol–water partition coefficient (Wildman–Crippen LogP) is 5.36. The minimum absolute atomic E-state index is 0.200. The lowest BCUT2D eigenvalue weighted by molar-refractivity contribution is -0.171. The zero-order valence-electron chi connectivity index (χ0n) is 18.1. The number of hydrogen-bond acceptors (Lipinski definition) is 7. The average molecular weight is 504 g/mol. The first-order chi connectivity index (χ1) is 15.9. The fourth-order valence-electron chi connectivity index (χ4n) is 4.00. The molecule has 0 unspecified atom stereocenters. The van der Waals surface area contributed by atoms with Crippen LogP contribution >= 0.6 is 22.9 Å². The molecule has 5 rings (SSSR count). The normalized spacial score (nSPS) is 15.6. The van der Waals surface area contributed by atoms with Gasteiger partial charge in [0.15, 0.2) is 5.65 Å². The van der Waals surface area contributed by atoms with Crippen molar-refractivity contribution < 1.29 is 17.9 Å². The summed E-state index contributed by atoms with van der Waals surface area (Å²) in [6, 6.07) is 8.47. The van der Waals surface area contributed by atoms with Crippen molar-refractivity contribution in [3.05, 3.63) is 64.5 Å². The average Bonchev–Trinajstić information content (AvgIpc) is 3.41. The highest BCUT2D eigenvalue weighted by atomic mass is 35.5. The maximum absolute atomic E-state index is 13.3. The monoisotopic (exact) mass is 503 g/mol. The first-order valence-corrected chi connectivity index (χ1v) is 13.1. The van der Waals surface area contributed by atoms with Gasteiger partial charge in [-0.3, -0.25) is 0 Å². The summed E-state index contributed by atoms with van der Waals surface area (Å²) in [5.41, 5.74) is 1.58. The zero-order valence-corrected chi connectivity index (χ0v) is 20.5. The van der Waals surface area contributed by atoms with E-state index in [9.17, 15) is 8.42 Å². The molecule has 1 saturated carbocycles. The molecule has 3 aromatic heterocycles. The first kappa shape index (κ1) is 22.5. The molecular weight excluding hydrogens is 482 g/mol. The van der Waals surface area contributed by atoms with Gasteiger partial charge in [0.2, 0.25) is 0 Å². The zero-order chi connectivity index (χ0) is 23.2. The lowest BCUT2D eigenvalue weighted by Gasteiger charge is -2.39. The van der Waals surface area contributed by atoms with Crippen LogP contribution in [-0.4, -0.2) is 36.3 Å². The number of thiazole rings is 1. The van der Waals surface area contributed by atoms with E-state index in [2.05, 4.69) is 9.97 Å². The molecule has 33 heavy (non-hydrogen) atoms. The molecule has 0 radical (unpaired) electrons. The third-order valence-corrected chi connectivity index (χ3v) is 9.14. The van der Waals surface area contributed by atoms with Gasteiger partial charge in [0.1, 0.15) is 17.4 Å². The quantitative estimate of drug-likeness (QED) is 0.316. The number of methoxy groups -OCH3 is 1. The van der Waals surface area contributed by atoms with Crippen LogP contribution in [0.1, 0.15) is 29.8 Å². The lowest BCUT2D eigenvalue weighted by atomic mass is 9.80. The number of rotatable bonds is 7. The molecule has 0 spiro atoms. The topological polar surface area (TPSA) is 83.3 Å². The van der Waals surface area contributed by atoms with Crippen LogP contribution in [-0.2, 0) is 25.1 Å². The second kappa shape index (κ2) is 8.48. The maximum Gasteiger partial charge on any atom is 0.269 e. The van der Waals surface area contributed by atoms with Gasteiger partial charge >= 0.3 is 0 Å². The van der Waals surface area contributed by atoms with Gasteiger partial charge in [-0.1, -0.05) is 29.3 Å². The Bertz CT molecular complexity index is 1420. The summed E-state index contributed by atoms with van der Waals surface area (Å²) in [5, 5.41) is 1.95. The van der Waals surface area contributed by atoms with E-state index in [1.54, 1.807) is 43.6 Å². The largest absolute Gasteiger partial charge is 0.359 e. The Kier molecular flexibility index (Phi) is 5.78. The van der Waals surface area contributed by atoms with Crippen molar-refractivity contribution in [3.63, 3.8) is 0 Å². The summed E-state index contributed by atoms with van der Waals surface area (Å²) < 4.78 is 38.8. The van der Waals surface area contributed by atoms with Gasteiger partial charge in [0, 0.05) is 36.7 Å². The first-order valence-electron chi connectivity index (χ1n) is 10.4. The van der Waals surface area contributed by atoms with Crippen LogP contribution in [0, 0.1) is 6.92 Å². The van der Waals surface area contributed by atoms with Gasteiger partial charge in [-0.05, 0) is 44.4 Å². The summed E-state index contributed by atoms with van der Waals surface area (Å²) in [4.78, 5) is 10.0. The van der Waals surface area contributed by atoms with E-state index in [1.165, 1.54) is 27.7 Å². The van der Waals surface area contributed by atoms with Gasteiger partial charge in [-0.15, -0.1) is 11.3 Å². The molecular formula is C23H22ClN3O4S2. The summed E-state index contributed by atoms with van der Waals surface area (Å²) in [6.07, 6.45) is 7.60. The Morgan fingerprint density at radius 3 is 2.58 bits per heavy atom. The molecule has 7 nitrogen and oxygen atoms in total. The van der Waals surface area contributed by atoms with Crippen LogP contribution < -0.4 is 0 Å². The van der Waals surface area contributed by atoms with E-state index in [4.69, 9.17) is 21.1 Å².